The highest BCUT2D eigenvalue weighted by atomic mass is 19.1. The third kappa shape index (κ3) is 4.88. The lowest BCUT2D eigenvalue weighted by molar-refractivity contribution is -0.139. The van der Waals surface area contributed by atoms with Crippen molar-refractivity contribution >= 4 is 5.97 Å². The third-order valence-corrected chi connectivity index (χ3v) is 8.33. The number of hydrogen-bond acceptors (Lipinski definition) is 4. The van der Waals surface area contributed by atoms with Crippen molar-refractivity contribution in [2.75, 3.05) is 7.11 Å². The van der Waals surface area contributed by atoms with E-state index in [9.17, 15) is 14.3 Å². The average Bonchev–Trinajstić information content (AvgIpc) is 3.46. The molecule has 5 rings (SSSR count). The molecule has 3 unspecified atom stereocenters. The van der Waals surface area contributed by atoms with Crippen LogP contribution in [0.2, 0.25) is 0 Å². The largest absolute Gasteiger partial charge is 0.486 e. The van der Waals surface area contributed by atoms with E-state index in [0.29, 0.717) is 29.8 Å². The van der Waals surface area contributed by atoms with E-state index >= 15 is 4.39 Å². The number of rotatable bonds is 7. The molecule has 1 fully saturated rings. The van der Waals surface area contributed by atoms with Gasteiger partial charge in [0.1, 0.15) is 12.4 Å². The molecule has 0 amide bonds. The first kappa shape index (κ1) is 27.1. The van der Waals surface area contributed by atoms with Crippen LogP contribution in [0.3, 0.4) is 0 Å². The predicted octanol–water partition coefficient (Wildman–Crippen LogP) is 7.13. The molecule has 5 nitrogen and oxygen atoms in total. The zero-order chi connectivity index (χ0) is 28.1. The third-order valence-electron chi connectivity index (χ3n) is 8.33. The van der Waals surface area contributed by atoms with Gasteiger partial charge in [0.25, 0.3) is 0 Å². The Bertz CT molecular complexity index is 1430. The summed E-state index contributed by atoms with van der Waals surface area (Å²) in [5.41, 5.74) is 3.61. The maximum atomic E-state index is 15.9. The second kappa shape index (κ2) is 9.92. The monoisotopic (exact) mass is 535 g/mol. The molecule has 0 aliphatic heterocycles. The fraction of sp³-hybridized carbons (Fsp3) is 0.438. The van der Waals surface area contributed by atoms with Gasteiger partial charge in [0, 0.05) is 22.6 Å². The number of pyridine rings is 1. The van der Waals surface area contributed by atoms with Gasteiger partial charge in [-0.1, -0.05) is 52.0 Å². The first-order valence-electron chi connectivity index (χ1n) is 13.5. The Balaban J connectivity index is 1.46. The van der Waals surface area contributed by atoms with Gasteiger partial charge in [0.05, 0.1) is 19.2 Å². The highest BCUT2D eigenvalue weighted by Crippen LogP contribution is 2.65. The molecule has 39 heavy (non-hydrogen) atoms. The normalized spacial score (nSPS) is 21.9. The first-order chi connectivity index (χ1) is 18.5. The van der Waals surface area contributed by atoms with Gasteiger partial charge in [-0.05, 0) is 65.3 Å². The molecule has 2 aliphatic carbocycles. The molecule has 1 N–H and O–H groups in total. The van der Waals surface area contributed by atoms with Gasteiger partial charge >= 0.3 is 5.97 Å². The van der Waals surface area contributed by atoms with Crippen LogP contribution in [0.1, 0.15) is 62.8 Å². The number of nitrogens with zero attached hydrogens (tertiary/aromatic N) is 1. The van der Waals surface area contributed by atoms with Gasteiger partial charge in [0.15, 0.2) is 11.6 Å². The summed E-state index contributed by atoms with van der Waals surface area (Å²) < 4.78 is 42.0. The maximum Gasteiger partial charge on any atom is 0.307 e. The molecule has 0 saturated heterocycles. The number of methoxy groups -OCH3 is 1. The predicted molar refractivity (Wildman–Crippen MR) is 145 cm³/mol. The summed E-state index contributed by atoms with van der Waals surface area (Å²) in [5.74, 6) is -1.97. The molecule has 0 bridgehead atoms. The maximum absolute atomic E-state index is 15.9. The summed E-state index contributed by atoms with van der Waals surface area (Å²) in [6.45, 7) is 8.38. The van der Waals surface area contributed by atoms with Crippen LogP contribution in [-0.2, 0) is 29.7 Å². The Morgan fingerprint density at radius 2 is 1.92 bits per heavy atom. The summed E-state index contributed by atoms with van der Waals surface area (Å²) in [5, 5.41) is 9.75. The summed E-state index contributed by atoms with van der Waals surface area (Å²) >= 11 is 0. The van der Waals surface area contributed by atoms with Crippen LogP contribution in [0.5, 0.6) is 11.6 Å². The molecule has 206 valence electrons. The van der Waals surface area contributed by atoms with Crippen molar-refractivity contribution in [3.8, 4) is 22.8 Å². The van der Waals surface area contributed by atoms with E-state index < -0.39 is 28.9 Å². The van der Waals surface area contributed by atoms with Crippen molar-refractivity contribution in [2.45, 2.75) is 65.4 Å². The minimum atomic E-state index is -0.865. The number of aromatic nitrogens is 1. The second-order valence-corrected chi connectivity index (χ2v) is 12.1. The van der Waals surface area contributed by atoms with E-state index in [1.807, 2.05) is 31.2 Å². The smallest absolute Gasteiger partial charge is 0.307 e. The first-order valence-corrected chi connectivity index (χ1v) is 13.5. The highest BCUT2D eigenvalue weighted by Gasteiger charge is 2.68. The SMILES string of the molecule is COc1cc(-c2ccc(COc3ccc4c(c3F)C3(CCC4)C(C)C3C(=O)O)cc2CC(C)(C)C)c(F)cn1. The lowest BCUT2D eigenvalue weighted by Crippen LogP contribution is -2.24. The lowest BCUT2D eigenvalue weighted by atomic mass is 9.77. The fourth-order valence-corrected chi connectivity index (χ4v) is 6.56. The molecule has 3 atom stereocenters. The van der Waals surface area contributed by atoms with Gasteiger partial charge in [0.2, 0.25) is 5.88 Å². The van der Waals surface area contributed by atoms with Gasteiger partial charge < -0.3 is 14.6 Å². The molecule has 7 heteroatoms. The minimum absolute atomic E-state index is 0.0671. The van der Waals surface area contributed by atoms with Crippen molar-refractivity contribution in [2.24, 2.45) is 17.3 Å². The van der Waals surface area contributed by atoms with Crippen LogP contribution in [0.4, 0.5) is 8.78 Å². The number of benzene rings is 2. The second-order valence-electron chi connectivity index (χ2n) is 12.1. The van der Waals surface area contributed by atoms with E-state index in [-0.39, 0.29) is 23.7 Å². The van der Waals surface area contributed by atoms with E-state index in [1.54, 1.807) is 12.1 Å². The van der Waals surface area contributed by atoms with Crippen LogP contribution in [0, 0.1) is 28.9 Å². The van der Waals surface area contributed by atoms with Crippen molar-refractivity contribution in [1.29, 1.82) is 0 Å². The van der Waals surface area contributed by atoms with Gasteiger partial charge in [-0.2, -0.15) is 0 Å². The summed E-state index contributed by atoms with van der Waals surface area (Å²) in [7, 11) is 1.49. The van der Waals surface area contributed by atoms with Crippen LogP contribution < -0.4 is 9.47 Å². The molecule has 0 radical (unpaired) electrons. The molecular weight excluding hydrogens is 500 g/mol. The van der Waals surface area contributed by atoms with Crippen LogP contribution >= 0.6 is 0 Å². The van der Waals surface area contributed by atoms with Crippen molar-refractivity contribution in [3.05, 3.63) is 76.5 Å². The fourth-order valence-electron chi connectivity index (χ4n) is 6.56. The van der Waals surface area contributed by atoms with E-state index in [0.717, 1.165) is 41.3 Å². The minimum Gasteiger partial charge on any atom is -0.486 e. The number of ether oxygens (including phenoxy) is 2. The molecule has 2 aliphatic rings. The van der Waals surface area contributed by atoms with E-state index in [2.05, 4.69) is 25.8 Å². The molecule has 1 aromatic heterocycles. The summed E-state index contributed by atoms with van der Waals surface area (Å²) in [6.07, 6.45) is 4.11. The number of aliphatic carboxylic acids is 1. The highest BCUT2D eigenvalue weighted by molar-refractivity contribution is 5.79. The van der Waals surface area contributed by atoms with Crippen LogP contribution in [0.25, 0.3) is 11.1 Å². The quantitative estimate of drug-likeness (QED) is 0.349. The average molecular weight is 536 g/mol. The molecule has 2 aromatic carbocycles. The van der Waals surface area contributed by atoms with Gasteiger partial charge in [-0.15, -0.1) is 0 Å². The zero-order valence-corrected chi connectivity index (χ0v) is 23.1. The van der Waals surface area contributed by atoms with E-state index in [1.165, 1.54) is 7.11 Å². The van der Waals surface area contributed by atoms with Crippen molar-refractivity contribution < 1.29 is 28.2 Å². The number of carboxylic acids is 1. The van der Waals surface area contributed by atoms with Gasteiger partial charge in [-0.3, -0.25) is 4.79 Å². The lowest BCUT2D eigenvalue weighted by Gasteiger charge is -2.28. The van der Waals surface area contributed by atoms with Crippen molar-refractivity contribution in [3.63, 3.8) is 0 Å². The standard InChI is InChI=1S/C32H35F2NO4/c1-18-27(30(36)37)32(18)12-6-7-20-9-11-25(29(34)28(20)32)39-17-19-8-10-22(21(13-19)15-31(2,3)4)23-14-26(38-5)35-16-24(23)33/h8-11,13-14,16,18,27H,6-7,12,15,17H2,1-5H3,(H,36,37). The van der Waals surface area contributed by atoms with Gasteiger partial charge in [-0.25, -0.2) is 13.8 Å². The number of carbonyl (C=O) groups is 1. The molecule has 1 spiro atoms. The Labute approximate surface area is 228 Å². The molecule has 1 heterocycles. The Morgan fingerprint density at radius 3 is 2.59 bits per heavy atom. The summed E-state index contributed by atoms with van der Waals surface area (Å²) in [6, 6.07) is 10.8. The van der Waals surface area contributed by atoms with Crippen molar-refractivity contribution in [1.82, 2.24) is 4.98 Å². The molecule has 3 aromatic rings. The Morgan fingerprint density at radius 1 is 1.15 bits per heavy atom. The Kier molecular flexibility index (Phi) is 6.90. The van der Waals surface area contributed by atoms with Crippen LogP contribution in [0.15, 0.2) is 42.6 Å². The number of halogens is 2. The molecule has 1 saturated carbocycles. The number of aryl methyl sites for hydroxylation is 1. The Hall–Kier alpha value is -3.48. The number of hydrogen-bond donors (Lipinski definition) is 1. The number of carboxylic acid groups (broad SMARTS) is 1. The molecular formula is C32H35F2NO4. The topological polar surface area (TPSA) is 68.7 Å². The summed E-state index contributed by atoms with van der Waals surface area (Å²) in [4.78, 5) is 15.8. The van der Waals surface area contributed by atoms with Crippen LogP contribution in [-0.4, -0.2) is 23.2 Å². The zero-order valence-electron chi connectivity index (χ0n) is 23.1. The van der Waals surface area contributed by atoms with E-state index in [4.69, 9.17) is 9.47 Å². The number of fused-ring (bicyclic) bond motifs is 2.